The summed E-state index contributed by atoms with van der Waals surface area (Å²) >= 11 is 0. The zero-order chi connectivity index (χ0) is 18.0. The van der Waals surface area contributed by atoms with Gasteiger partial charge in [0.05, 0.1) is 5.54 Å². The Bertz CT molecular complexity index is 782. The third-order valence-corrected chi connectivity index (χ3v) is 4.54. The fourth-order valence-electron chi connectivity index (χ4n) is 2.73. The molecule has 3 N–H and O–H groups in total. The lowest BCUT2D eigenvalue weighted by molar-refractivity contribution is 0.0898. The topological polar surface area (TPSA) is 64.3 Å². The molecule has 0 bridgehead atoms. The van der Waals surface area contributed by atoms with Gasteiger partial charge in [0.1, 0.15) is 11.6 Å². The van der Waals surface area contributed by atoms with Crippen molar-refractivity contribution < 1.29 is 18.3 Å². The second-order valence-corrected chi connectivity index (χ2v) is 6.55. The maximum absolute atomic E-state index is 13.6. The molecule has 1 atom stereocenters. The Kier molecular flexibility index (Phi) is 6.21. The van der Waals surface area contributed by atoms with Crippen LogP contribution in [0, 0.1) is 17.6 Å². The Balaban J connectivity index is 0.00000243. The summed E-state index contributed by atoms with van der Waals surface area (Å²) in [6, 6.07) is 9.40. The second kappa shape index (κ2) is 8.01. The summed E-state index contributed by atoms with van der Waals surface area (Å²) in [5.41, 5.74) is 5.88. The van der Waals surface area contributed by atoms with Gasteiger partial charge >= 0.3 is 0 Å². The minimum Gasteiger partial charge on any atom is -0.454 e. The number of halogens is 3. The number of nitrogens with one attached hydrogen (secondary N) is 1. The number of nitrogens with two attached hydrogens (primary N) is 1. The van der Waals surface area contributed by atoms with E-state index < -0.39 is 17.2 Å². The molecule has 0 heterocycles. The van der Waals surface area contributed by atoms with Gasteiger partial charge < -0.3 is 15.8 Å². The fraction of sp³-hybridized carbons (Fsp3) is 0.316. The molecule has 26 heavy (non-hydrogen) atoms. The molecule has 0 saturated heterocycles. The number of rotatable bonds is 6. The van der Waals surface area contributed by atoms with Crippen molar-refractivity contribution in [2.75, 3.05) is 6.54 Å². The quantitative estimate of drug-likeness (QED) is 0.792. The van der Waals surface area contributed by atoms with E-state index in [1.54, 1.807) is 24.3 Å². The van der Waals surface area contributed by atoms with E-state index >= 15 is 0 Å². The van der Waals surface area contributed by atoms with Crippen molar-refractivity contribution in [3.05, 3.63) is 59.7 Å². The molecule has 2 aromatic rings. The maximum Gasteiger partial charge on any atom is 0.251 e. The third-order valence-electron chi connectivity index (χ3n) is 4.54. The monoisotopic (exact) mass is 382 g/mol. The lowest BCUT2D eigenvalue weighted by Gasteiger charge is -2.29. The van der Waals surface area contributed by atoms with E-state index in [-0.39, 0.29) is 24.1 Å². The molecule has 2 aromatic carbocycles. The van der Waals surface area contributed by atoms with Crippen LogP contribution in [0.2, 0.25) is 0 Å². The molecule has 1 saturated carbocycles. The number of hydrogen-bond donors (Lipinski definition) is 2. The number of benzene rings is 2. The Morgan fingerprint density at radius 3 is 2.42 bits per heavy atom. The van der Waals surface area contributed by atoms with E-state index in [2.05, 4.69) is 5.32 Å². The number of carbonyl (C=O) groups is 1. The average molecular weight is 383 g/mol. The van der Waals surface area contributed by atoms with Gasteiger partial charge in [0.25, 0.3) is 5.91 Å². The maximum atomic E-state index is 13.6. The van der Waals surface area contributed by atoms with Crippen molar-refractivity contribution in [3.8, 4) is 11.5 Å². The molecule has 0 aromatic heterocycles. The van der Waals surface area contributed by atoms with Gasteiger partial charge in [-0.1, -0.05) is 0 Å². The van der Waals surface area contributed by atoms with E-state index in [0.717, 1.165) is 25.0 Å². The molecule has 0 radical (unpaired) electrons. The smallest absolute Gasteiger partial charge is 0.251 e. The van der Waals surface area contributed by atoms with Gasteiger partial charge in [0.15, 0.2) is 11.6 Å². The molecular weight excluding hydrogens is 362 g/mol. The zero-order valence-corrected chi connectivity index (χ0v) is 15.1. The highest BCUT2D eigenvalue weighted by Gasteiger charge is 2.41. The Morgan fingerprint density at radius 2 is 1.88 bits per heavy atom. The summed E-state index contributed by atoms with van der Waals surface area (Å²) in [4.78, 5) is 12.4. The van der Waals surface area contributed by atoms with E-state index in [4.69, 9.17) is 10.5 Å². The van der Waals surface area contributed by atoms with Crippen LogP contribution in [-0.4, -0.2) is 18.0 Å². The first-order valence-corrected chi connectivity index (χ1v) is 8.17. The summed E-state index contributed by atoms with van der Waals surface area (Å²) in [6.45, 7) is 2.34. The van der Waals surface area contributed by atoms with Crippen LogP contribution in [0.4, 0.5) is 8.78 Å². The van der Waals surface area contributed by atoms with Crippen LogP contribution in [-0.2, 0) is 0 Å². The highest BCUT2D eigenvalue weighted by molar-refractivity contribution is 5.94. The molecule has 7 heteroatoms. The van der Waals surface area contributed by atoms with Gasteiger partial charge in [-0.25, -0.2) is 8.78 Å². The average Bonchev–Trinajstić information content (AvgIpc) is 3.43. The normalized spacial score (nSPS) is 15.5. The standard InChI is InChI=1S/C19H20F2N2O2.ClH/c1-19(11-22,13-4-5-13)23-18(24)12-2-7-15(8-3-12)25-17-9-6-14(20)10-16(17)21;/h2-3,6-10,13H,4-5,11,22H2,1H3,(H,23,24);1H. The van der Waals surface area contributed by atoms with Crippen molar-refractivity contribution >= 4 is 18.3 Å². The van der Waals surface area contributed by atoms with Crippen molar-refractivity contribution in [2.45, 2.75) is 25.3 Å². The molecule has 1 aliphatic carbocycles. The Morgan fingerprint density at radius 1 is 1.23 bits per heavy atom. The molecular formula is C19H21ClF2N2O2. The first-order chi connectivity index (χ1) is 11.9. The highest BCUT2D eigenvalue weighted by atomic mass is 35.5. The largest absolute Gasteiger partial charge is 0.454 e. The van der Waals surface area contributed by atoms with E-state index in [9.17, 15) is 13.6 Å². The first-order valence-electron chi connectivity index (χ1n) is 8.17. The van der Waals surface area contributed by atoms with Gasteiger partial charge in [0, 0.05) is 18.2 Å². The van der Waals surface area contributed by atoms with Crippen molar-refractivity contribution in [1.82, 2.24) is 5.32 Å². The minimum atomic E-state index is -0.787. The summed E-state index contributed by atoms with van der Waals surface area (Å²) in [5.74, 6) is -0.973. The van der Waals surface area contributed by atoms with Crippen LogP contribution in [0.25, 0.3) is 0 Å². The van der Waals surface area contributed by atoms with Gasteiger partial charge in [-0.15, -0.1) is 12.4 Å². The third kappa shape index (κ3) is 4.51. The van der Waals surface area contributed by atoms with Crippen LogP contribution in [0.5, 0.6) is 11.5 Å². The Hall–Kier alpha value is -2.18. The molecule has 1 fully saturated rings. The van der Waals surface area contributed by atoms with Gasteiger partial charge in [-0.2, -0.15) is 0 Å². The summed E-state index contributed by atoms with van der Waals surface area (Å²) in [6.07, 6.45) is 2.15. The van der Waals surface area contributed by atoms with Crippen molar-refractivity contribution in [3.63, 3.8) is 0 Å². The predicted molar refractivity (Wildman–Crippen MR) is 97.8 cm³/mol. The van der Waals surface area contributed by atoms with E-state index in [0.29, 0.717) is 23.8 Å². The number of amides is 1. The SMILES string of the molecule is CC(CN)(NC(=O)c1ccc(Oc2ccc(F)cc2F)cc1)C1CC1.Cl. The molecule has 4 nitrogen and oxygen atoms in total. The van der Waals surface area contributed by atoms with Crippen molar-refractivity contribution in [2.24, 2.45) is 11.7 Å². The van der Waals surface area contributed by atoms with Crippen LogP contribution >= 0.6 is 12.4 Å². The predicted octanol–water partition coefficient (Wildman–Crippen LogP) is 4.04. The summed E-state index contributed by atoms with van der Waals surface area (Å²) in [5, 5.41) is 3.00. The lowest BCUT2D eigenvalue weighted by atomic mass is 9.95. The number of ether oxygens (including phenoxy) is 1. The van der Waals surface area contributed by atoms with Crippen LogP contribution in [0.3, 0.4) is 0 Å². The first kappa shape index (κ1) is 20.1. The van der Waals surface area contributed by atoms with Crippen LogP contribution < -0.4 is 15.8 Å². The highest BCUT2D eigenvalue weighted by Crippen LogP contribution is 2.39. The molecule has 140 valence electrons. The van der Waals surface area contributed by atoms with Crippen molar-refractivity contribution in [1.29, 1.82) is 0 Å². The van der Waals surface area contributed by atoms with Crippen LogP contribution in [0.15, 0.2) is 42.5 Å². The molecule has 0 aliphatic heterocycles. The molecule has 3 rings (SSSR count). The van der Waals surface area contributed by atoms with E-state index in [1.165, 1.54) is 6.07 Å². The minimum absolute atomic E-state index is 0. The summed E-state index contributed by atoms with van der Waals surface area (Å²) < 4.78 is 31.9. The summed E-state index contributed by atoms with van der Waals surface area (Å²) in [7, 11) is 0. The molecule has 1 amide bonds. The number of hydrogen-bond acceptors (Lipinski definition) is 3. The zero-order valence-electron chi connectivity index (χ0n) is 14.3. The van der Waals surface area contributed by atoms with Gasteiger partial charge in [0.2, 0.25) is 0 Å². The fourth-order valence-corrected chi connectivity index (χ4v) is 2.73. The Labute approximate surface area is 157 Å². The molecule has 1 aliphatic rings. The lowest BCUT2D eigenvalue weighted by Crippen LogP contribution is -2.53. The van der Waals surface area contributed by atoms with Crippen LogP contribution in [0.1, 0.15) is 30.1 Å². The van der Waals surface area contributed by atoms with Gasteiger partial charge in [-0.05, 0) is 62.1 Å². The molecule has 0 spiro atoms. The van der Waals surface area contributed by atoms with Gasteiger partial charge in [-0.3, -0.25) is 4.79 Å². The van der Waals surface area contributed by atoms with E-state index in [1.807, 2.05) is 6.92 Å². The second-order valence-electron chi connectivity index (χ2n) is 6.55. The molecule has 1 unspecified atom stereocenters. The number of carbonyl (C=O) groups excluding carboxylic acids is 1.